The minimum absolute atomic E-state index is 0.200. The van der Waals surface area contributed by atoms with E-state index in [1.165, 1.54) is 32.1 Å². The molecule has 1 unspecified atom stereocenters. The molecular weight excluding hydrogens is 228 g/mol. The molecule has 1 fully saturated rings. The van der Waals surface area contributed by atoms with Gasteiger partial charge in [-0.25, -0.2) is 0 Å². The summed E-state index contributed by atoms with van der Waals surface area (Å²) in [5.74, 6) is 0.865. The zero-order valence-electron chi connectivity index (χ0n) is 10.7. The van der Waals surface area contributed by atoms with Crippen LogP contribution in [0, 0.1) is 5.92 Å². The van der Waals surface area contributed by atoms with E-state index in [4.69, 9.17) is 5.73 Å². The van der Waals surface area contributed by atoms with Crippen molar-refractivity contribution in [1.82, 2.24) is 10.2 Å². The normalized spacial score (nSPS) is 18.3. The molecule has 1 saturated carbocycles. The summed E-state index contributed by atoms with van der Waals surface area (Å²) in [4.78, 5) is 10.9. The SMILES string of the molecule is CC(Nc1ccc(C(N)=O)nn1)C1CCCCC1. The minimum atomic E-state index is -0.547. The van der Waals surface area contributed by atoms with Crippen LogP contribution in [-0.4, -0.2) is 22.1 Å². The molecule has 0 bridgehead atoms. The first-order valence-electron chi connectivity index (χ1n) is 6.57. The lowest BCUT2D eigenvalue weighted by Gasteiger charge is -2.28. The summed E-state index contributed by atoms with van der Waals surface area (Å²) in [7, 11) is 0. The van der Waals surface area contributed by atoms with Crippen molar-refractivity contribution in [1.29, 1.82) is 0 Å². The molecule has 0 aromatic carbocycles. The van der Waals surface area contributed by atoms with Gasteiger partial charge in [0.2, 0.25) is 0 Å². The molecule has 98 valence electrons. The Balaban J connectivity index is 1.93. The summed E-state index contributed by atoms with van der Waals surface area (Å²) >= 11 is 0. The number of anilines is 1. The van der Waals surface area contributed by atoms with E-state index in [0.717, 1.165) is 0 Å². The molecule has 0 saturated heterocycles. The van der Waals surface area contributed by atoms with Crippen molar-refractivity contribution in [2.45, 2.75) is 45.1 Å². The lowest BCUT2D eigenvalue weighted by Crippen LogP contribution is -2.28. The fourth-order valence-corrected chi connectivity index (χ4v) is 2.53. The van der Waals surface area contributed by atoms with Crippen LogP contribution in [0.4, 0.5) is 5.82 Å². The van der Waals surface area contributed by atoms with Crippen LogP contribution in [0.5, 0.6) is 0 Å². The molecule has 3 N–H and O–H groups in total. The highest BCUT2D eigenvalue weighted by Gasteiger charge is 2.20. The first-order chi connectivity index (χ1) is 8.66. The predicted molar refractivity (Wildman–Crippen MR) is 70.2 cm³/mol. The van der Waals surface area contributed by atoms with Crippen LogP contribution in [0.3, 0.4) is 0 Å². The van der Waals surface area contributed by atoms with E-state index in [0.29, 0.717) is 17.8 Å². The van der Waals surface area contributed by atoms with Gasteiger partial charge in [-0.05, 0) is 37.8 Å². The lowest BCUT2D eigenvalue weighted by molar-refractivity contribution is 0.0994. The molecule has 2 rings (SSSR count). The summed E-state index contributed by atoms with van der Waals surface area (Å²) in [5, 5.41) is 11.1. The number of carbonyl (C=O) groups excluding carboxylic acids is 1. The van der Waals surface area contributed by atoms with Gasteiger partial charge in [-0.1, -0.05) is 19.3 Å². The van der Waals surface area contributed by atoms with Gasteiger partial charge < -0.3 is 11.1 Å². The molecule has 1 aromatic heterocycles. The Bertz CT molecular complexity index is 398. The van der Waals surface area contributed by atoms with Crippen LogP contribution in [-0.2, 0) is 0 Å². The molecule has 1 atom stereocenters. The highest BCUT2D eigenvalue weighted by molar-refractivity contribution is 5.90. The van der Waals surface area contributed by atoms with Crippen molar-refractivity contribution in [3.05, 3.63) is 17.8 Å². The molecule has 0 radical (unpaired) electrons. The number of hydrogen-bond acceptors (Lipinski definition) is 4. The molecule has 0 aliphatic heterocycles. The van der Waals surface area contributed by atoms with Gasteiger partial charge in [-0.3, -0.25) is 4.79 Å². The van der Waals surface area contributed by atoms with Crippen molar-refractivity contribution in [2.24, 2.45) is 11.7 Å². The third-order valence-corrected chi connectivity index (χ3v) is 3.65. The topological polar surface area (TPSA) is 80.9 Å². The van der Waals surface area contributed by atoms with Crippen molar-refractivity contribution >= 4 is 11.7 Å². The smallest absolute Gasteiger partial charge is 0.269 e. The average molecular weight is 248 g/mol. The van der Waals surface area contributed by atoms with E-state index >= 15 is 0 Å². The van der Waals surface area contributed by atoms with E-state index in [1.54, 1.807) is 12.1 Å². The highest BCUT2D eigenvalue weighted by Crippen LogP contribution is 2.27. The Morgan fingerprint density at radius 3 is 2.61 bits per heavy atom. The summed E-state index contributed by atoms with van der Waals surface area (Å²) in [6.07, 6.45) is 6.56. The minimum Gasteiger partial charge on any atom is -0.366 e. The third-order valence-electron chi connectivity index (χ3n) is 3.65. The molecule has 1 aromatic rings. The lowest BCUT2D eigenvalue weighted by atomic mass is 9.84. The number of nitrogens with zero attached hydrogens (tertiary/aromatic N) is 2. The van der Waals surface area contributed by atoms with Crippen LogP contribution in [0.2, 0.25) is 0 Å². The number of amides is 1. The van der Waals surface area contributed by atoms with Crippen molar-refractivity contribution < 1.29 is 4.79 Å². The maximum absolute atomic E-state index is 10.9. The van der Waals surface area contributed by atoms with Crippen molar-refractivity contribution in [2.75, 3.05) is 5.32 Å². The van der Waals surface area contributed by atoms with Gasteiger partial charge in [0.25, 0.3) is 5.91 Å². The van der Waals surface area contributed by atoms with E-state index in [-0.39, 0.29) is 5.69 Å². The monoisotopic (exact) mass is 248 g/mol. The fraction of sp³-hybridized carbons (Fsp3) is 0.615. The van der Waals surface area contributed by atoms with E-state index in [1.807, 2.05) is 0 Å². The quantitative estimate of drug-likeness (QED) is 0.853. The first kappa shape index (κ1) is 12.8. The third kappa shape index (κ3) is 3.18. The second-order valence-electron chi connectivity index (χ2n) is 5.00. The van der Waals surface area contributed by atoms with Crippen LogP contribution < -0.4 is 11.1 Å². The molecule has 1 aliphatic carbocycles. The van der Waals surface area contributed by atoms with Crippen LogP contribution in [0.1, 0.15) is 49.5 Å². The number of aromatic nitrogens is 2. The number of carbonyl (C=O) groups is 1. The van der Waals surface area contributed by atoms with E-state index < -0.39 is 5.91 Å². The number of primary amides is 1. The Morgan fingerprint density at radius 2 is 2.06 bits per heavy atom. The van der Waals surface area contributed by atoms with E-state index in [2.05, 4.69) is 22.4 Å². The second-order valence-corrected chi connectivity index (χ2v) is 5.00. The first-order valence-corrected chi connectivity index (χ1v) is 6.57. The summed E-state index contributed by atoms with van der Waals surface area (Å²) in [6, 6.07) is 3.75. The fourth-order valence-electron chi connectivity index (χ4n) is 2.53. The molecule has 5 heteroatoms. The van der Waals surface area contributed by atoms with Crippen LogP contribution in [0.15, 0.2) is 12.1 Å². The molecule has 1 amide bonds. The number of nitrogens with two attached hydrogens (primary N) is 1. The zero-order valence-corrected chi connectivity index (χ0v) is 10.7. The number of nitrogens with one attached hydrogen (secondary N) is 1. The largest absolute Gasteiger partial charge is 0.366 e. The highest BCUT2D eigenvalue weighted by atomic mass is 16.1. The molecule has 18 heavy (non-hydrogen) atoms. The molecular formula is C13H20N4O. The van der Waals surface area contributed by atoms with Gasteiger partial charge in [-0.2, -0.15) is 0 Å². The zero-order chi connectivity index (χ0) is 13.0. The number of rotatable bonds is 4. The average Bonchev–Trinajstić information content (AvgIpc) is 2.40. The standard InChI is InChI=1S/C13H20N4O/c1-9(10-5-3-2-4-6-10)15-12-8-7-11(13(14)18)16-17-12/h7-10H,2-6H2,1H3,(H2,14,18)(H,15,17). The van der Waals surface area contributed by atoms with E-state index in [9.17, 15) is 4.79 Å². The summed E-state index contributed by atoms with van der Waals surface area (Å²) in [5.41, 5.74) is 5.32. The number of hydrogen-bond donors (Lipinski definition) is 2. The Kier molecular flexibility index (Phi) is 4.12. The van der Waals surface area contributed by atoms with Crippen LogP contribution in [0.25, 0.3) is 0 Å². The second kappa shape index (κ2) is 5.80. The Labute approximate surface area is 107 Å². The molecule has 1 heterocycles. The summed E-state index contributed by atoms with van der Waals surface area (Å²) in [6.45, 7) is 2.18. The van der Waals surface area contributed by atoms with Gasteiger partial charge in [0.1, 0.15) is 5.82 Å². The van der Waals surface area contributed by atoms with Gasteiger partial charge in [0.15, 0.2) is 5.69 Å². The van der Waals surface area contributed by atoms with Gasteiger partial charge in [-0.15, -0.1) is 10.2 Å². The van der Waals surface area contributed by atoms with Gasteiger partial charge >= 0.3 is 0 Å². The van der Waals surface area contributed by atoms with Crippen LogP contribution >= 0.6 is 0 Å². The maximum atomic E-state index is 10.9. The molecule has 0 spiro atoms. The van der Waals surface area contributed by atoms with Crippen molar-refractivity contribution in [3.63, 3.8) is 0 Å². The Hall–Kier alpha value is -1.65. The molecule has 5 nitrogen and oxygen atoms in total. The van der Waals surface area contributed by atoms with Gasteiger partial charge in [0, 0.05) is 6.04 Å². The predicted octanol–water partition coefficient (Wildman–Crippen LogP) is 1.96. The molecule has 1 aliphatic rings. The Morgan fingerprint density at radius 1 is 1.33 bits per heavy atom. The van der Waals surface area contributed by atoms with Gasteiger partial charge in [0.05, 0.1) is 0 Å². The van der Waals surface area contributed by atoms with Crippen molar-refractivity contribution in [3.8, 4) is 0 Å². The maximum Gasteiger partial charge on any atom is 0.269 e. The summed E-state index contributed by atoms with van der Waals surface area (Å²) < 4.78 is 0.